The van der Waals surface area contributed by atoms with E-state index in [1.807, 2.05) is 29.2 Å². The second kappa shape index (κ2) is 6.01. The Bertz CT molecular complexity index is 1060. The van der Waals surface area contributed by atoms with Crippen LogP contribution in [0.15, 0.2) is 58.6 Å². The summed E-state index contributed by atoms with van der Waals surface area (Å²) in [6.45, 7) is 0.764. The van der Waals surface area contributed by atoms with Gasteiger partial charge in [0.25, 0.3) is 5.56 Å². The number of pyridine rings is 1. The fourth-order valence-electron chi connectivity index (χ4n) is 2.56. The lowest BCUT2D eigenvalue weighted by Gasteiger charge is -2.25. The molecule has 7 heteroatoms. The second-order valence-corrected chi connectivity index (χ2v) is 6.38. The third-order valence-corrected chi connectivity index (χ3v) is 4.80. The van der Waals surface area contributed by atoms with Crippen LogP contribution in [-0.2, 0) is 6.67 Å². The number of hydrogen-bond donors (Lipinski definition) is 0. The molecule has 24 heavy (non-hydrogen) atoms. The highest BCUT2D eigenvalue weighted by Gasteiger charge is 2.16. The molecule has 0 atom stereocenters. The van der Waals surface area contributed by atoms with Crippen LogP contribution in [0.25, 0.3) is 6.08 Å². The molecule has 3 heterocycles. The van der Waals surface area contributed by atoms with Gasteiger partial charge in [0.2, 0.25) is 0 Å². The van der Waals surface area contributed by atoms with Crippen molar-refractivity contribution >= 4 is 23.1 Å². The first-order valence-electron chi connectivity index (χ1n) is 7.37. The average Bonchev–Trinajstić information content (AvgIpc) is 2.91. The molecule has 0 unspecified atom stereocenters. The summed E-state index contributed by atoms with van der Waals surface area (Å²) >= 11 is 1.36. The summed E-state index contributed by atoms with van der Waals surface area (Å²) in [7, 11) is 0. The van der Waals surface area contributed by atoms with Crippen LogP contribution in [0.2, 0.25) is 0 Å². The lowest BCUT2D eigenvalue weighted by molar-refractivity contribution is 0.565. The van der Waals surface area contributed by atoms with E-state index in [0.29, 0.717) is 28.4 Å². The molecule has 0 saturated heterocycles. The Morgan fingerprint density at radius 3 is 2.83 bits per heavy atom. The first-order valence-corrected chi connectivity index (χ1v) is 8.19. The normalized spacial score (nSPS) is 14.4. The molecule has 0 spiro atoms. The van der Waals surface area contributed by atoms with Gasteiger partial charge in [-0.25, -0.2) is 9.38 Å². The predicted octanol–water partition coefficient (Wildman–Crippen LogP) is 1.33. The minimum absolute atomic E-state index is 0.0864. The first kappa shape index (κ1) is 14.8. The largest absolute Gasteiger partial charge is 0.333 e. The smallest absolute Gasteiger partial charge is 0.271 e. The van der Waals surface area contributed by atoms with Crippen molar-refractivity contribution in [2.45, 2.75) is 6.67 Å². The topological polar surface area (TPSA) is 50.5 Å². The van der Waals surface area contributed by atoms with Crippen LogP contribution in [0, 0.1) is 5.82 Å². The molecule has 2 aromatic heterocycles. The van der Waals surface area contributed by atoms with E-state index < -0.39 is 0 Å². The van der Waals surface area contributed by atoms with Crippen molar-refractivity contribution in [1.29, 1.82) is 0 Å². The Morgan fingerprint density at radius 2 is 2.04 bits per heavy atom. The van der Waals surface area contributed by atoms with Gasteiger partial charge in [-0.05, 0) is 42.0 Å². The summed E-state index contributed by atoms with van der Waals surface area (Å²) in [5.41, 5.74) is 1.54. The average molecular weight is 340 g/mol. The molecule has 5 nitrogen and oxygen atoms in total. The monoisotopic (exact) mass is 340 g/mol. The lowest BCUT2D eigenvalue weighted by Crippen LogP contribution is -2.42. The van der Waals surface area contributed by atoms with E-state index >= 15 is 0 Å². The van der Waals surface area contributed by atoms with Crippen molar-refractivity contribution in [2.24, 2.45) is 4.99 Å². The minimum atomic E-state index is -0.303. The van der Waals surface area contributed by atoms with E-state index in [0.717, 1.165) is 5.56 Å². The van der Waals surface area contributed by atoms with Crippen molar-refractivity contribution in [1.82, 2.24) is 9.55 Å². The first-order chi connectivity index (χ1) is 11.7. The Balaban J connectivity index is 1.73. The van der Waals surface area contributed by atoms with Gasteiger partial charge < -0.3 is 4.90 Å². The maximum Gasteiger partial charge on any atom is 0.271 e. The van der Waals surface area contributed by atoms with Gasteiger partial charge in [0.1, 0.15) is 19.2 Å². The van der Waals surface area contributed by atoms with Crippen molar-refractivity contribution < 1.29 is 4.39 Å². The van der Waals surface area contributed by atoms with Gasteiger partial charge in [-0.15, -0.1) is 0 Å². The number of aromatic nitrogens is 2. The van der Waals surface area contributed by atoms with E-state index in [2.05, 4.69) is 9.98 Å². The maximum atomic E-state index is 13.4. The standard InChI is InChI=1S/C17H13FN4OS/c18-13-2-1-3-14(9-13)21-10-20-17-22(11-21)16(23)15(24-17)8-12-4-6-19-7-5-12/h1-9H,10-11H2. The van der Waals surface area contributed by atoms with E-state index in [1.165, 1.54) is 23.5 Å². The van der Waals surface area contributed by atoms with Gasteiger partial charge in [-0.3, -0.25) is 14.3 Å². The highest BCUT2D eigenvalue weighted by atomic mass is 32.1. The zero-order valence-corrected chi connectivity index (χ0v) is 13.4. The molecule has 1 aliphatic heterocycles. The quantitative estimate of drug-likeness (QED) is 0.707. The summed E-state index contributed by atoms with van der Waals surface area (Å²) in [4.78, 5) is 23.6. The molecule has 4 rings (SSSR count). The van der Waals surface area contributed by atoms with E-state index in [-0.39, 0.29) is 11.4 Å². The fourth-order valence-corrected chi connectivity index (χ4v) is 3.52. The Morgan fingerprint density at radius 1 is 1.21 bits per heavy atom. The van der Waals surface area contributed by atoms with Crippen LogP contribution in [0.3, 0.4) is 0 Å². The van der Waals surface area contributed by atoms with E-state index in [9.17, 15) is 9.18 Å². The highest BCUT2D eigenvalue weighted by molar-refractivity contribution is 7.07. The van der Waals surface area contributed by atoms with Crippen molar-refractivity contribution in [2.75, 3.05) is 11.6 Å². The third-order valence-electron chi connectivity index (χ3n) is 3.75. The number of rotatable bonds is 2. The van der Waals surface area contributed by atoms with Gasteiger partial charge in [-0.2, -0.15) is 0 Å². The molecule has 0 saturated carbocycles. The van der Waals surface area contributed by atoms with Gasteiger partial charge in [0.05, 0.1) is 4.53 Å². The molecular weight excluding hydrogens is 327 g/mol. The van der Waals surface area contributed by atoms with Crippen LogP contribution in [0.4, 0.5) is 10.1 Å². The van der Waals surface area contributed by atoms with Crippen LogP contribution >= 0.6 is 11.3 Å². The van der Waals surface area contributed by atoms with Crippen molar-refractivity contribution in [3.05, 3.63) is 79.9 Å². The third kappa shape index (κ3) is 2.74. The molecule has 0 aliphatic carbocycles. The molecular formula is C17H13FN4OS. The number of benzene rings is 1. The molecule has 120 valence electrons. The summed E-state index contributed by atoms with van der Waals surface area (Å²) in [6.07, 6.45) is 5.21. The lowest BCUT2D eigenvalue weighted by atomic mass is 10.2. The number of thiazole rings is 1. The van der Waals surface area contributed by atoms with Crippen LogP contribution in [0.1, 0.15) is 5.56 Å². The molecule has 0 fully saturated rings. The molecule has 1 aliphatic rings. The SMILES string of the molecule is O=c1c(=Cc2ccncc2)sc2n1CN(c1cccc(F)c1)CN=2. The fraction of sp³-hybridized carbons (Fsp3) is 0.118. The van der Waals surface area contributed by atoms with Crippen LogP contribution < -0.4 is 19.8 Å². The molecule has 0 amide bonds. The van der Waals surface area contributed by atoms with E-state index in [4.69, 9.17) is 0 Å². The Kier molecular flexibility index (Phi) is 3.70. The van der Waals surface area contributed by atoms with Gasteiger partial charge in [0, 0.05) is 18.1 Å². The van der Waals surface area contributed by atoms with Gasteiger partial charge in [-0.1, -0.05) is 17.4 Å². The predicted molar refractivity (Wildman–Crippen MR) is 90.9 cm³/mol. The van der Waals surface area contributed by atoms with Crippen molar-refractivity contribution in [3.63, 3.8) is 0 Å². The molecule has 3 aromatic rings. The zero-order valence-electron chi connectivity index (χ0n) is 12.6. The number of hydrogen-bond acceptors (Lipinski definition) is 5. The maximum absolute atomic E-state index is 13.4. The number of nitrogens with zero attached hydrogens (tertiary/aromatic N) is 4. The number of fused-ring (bicyclic) bond motifs is 1. The minimum Gasteiger partial charge on any atom is -0.333 e. The molecule has 0 radical (unpaired) electrons. The second-order valence-electron chi connectivity index (χ2n) is 5.37. The highest BCUT2D eigenvalue weighted by Crippen LogP contribution is 2.16. The Labute approximate surface area is 140 Å². The van der Waals surface area contributed by atoms with Crippen LogP contribution in [-0.4, -0.2) is 16.2 Å². The van der Waals surface area contributed by atoms with Crippen molar-refractivity contribution in [3.8, 4) is 0 Å². The molecule has 1 aromatic carbocycles. The number of halogens is 1. The summed E-state index contributed by atoms with van der Waals surface area (Å²) in [5, 5.41) is 0. The number of anilines is 1. The summed E-state index contributed by atoms with van der Waals surface area (Å²) in [6, 6.07) is 10.00. The van der Waals surface area contributed by atoms with Gasteiger partial charge in [0.15, 0.2) is 4.80 Å². The molecule has 0 bridgehead atoms. The van der Waals surface area contributed by atoms with E-state index in [1.54, 1.807) is 23.0 Å². The summed E-state index contributed by atoms with van der Waals surface area (Å²) in [5.74, 6) is -0.303. The van der Waals surface area contributed by atoms with Crippen LogP contribution in [0.5, 0.6) is 0 Å². The van der Waals surface area contributed by atoms with Gasteiger partial charge >= 0.3 is 0 Å². The zero-order chi connectivity index (χ0) is 16.5. The summed E-state index contributed by atoms with van der Waals surface area (Å²) < 4.78 is 15.7. The Hall–Kier alpha value is -2.80. The molecule has 0 N–H and O–H groups in total.